The van der Waals surface area contributed by atoms with Crippen LogP contribution in [0.3, 0.4) is 0 Å². The van der Waals surface area contributed by atoms with E-state index in [0.29, 0.717) is 5.69 Å². The molecule has 0 aromatic carbocycles. The molecule has 1 atom stereocenters. The van der Waals surface area contributed by atoms with Crippen LogP contribution in [-0.4, -0.2) is 16.6 Å². The minimum Gasteiger partial charge on any atom is -0.455 e. The lowest BCUT2D eigenvalue weighted by molar-refractivity contribution is -0.153. The van der Waals surface area contributed by atoms with E-state index in [1.165, 1.54) is 11.1 Å². The van der Waals surface area contributed by atoms with Crippen LogP contribution in [0.4, 0.5) is 0 Å². The van der Waals surface area contributed by atoms with Crippen molar-refractivity contribution in [3.8, 4) is 0 Å². The van der Waals surface area contributed by atoms with Crippen molar-refractivity contribution < 1.29 is 9.53 Å². The van der Waals surface area contributed by atoms with Gasteiger partial charge in [0, 0.05) is 6.20 Å². The number of carbonyl (C=O) groups excluding carboxylic acids is 1. The van der Waals surface area contributed by atoms with Crippen molar-refractivity contribution in [2.45, 2.75) is 65.4 Å². The summed E-state index contributed by atoms with van der Waals surface area (Å²) in [7, 11) is 0. The van der Waals surface area contributed by atoms with E-state index in [1.807, 2.05) is 25.1 Å². The summed E-state index contributed by atoms with van der Waals surface area (Å²) in [6.07, 6.45) is 11.8. The van der Waals surface area contributed by atoms with Crippen molar-refractivity contribution in [1.82, 2.24) is 4.98 Å². The van der Waals surface area contributed by atoms with Crippen molar-refractivity contribution in [2.24, 2.45) is 0 Å². The van der Waals surface area contributed by atoms with E-state index in [2.05, 4.69) is 44.5 Å². The zero-order chi connectivity index (χ0) is 18.7. The Bertz CT molecular complexity index is 612. The highest BCUT2D eigenvalue weighted by molar-refractivity contribution is 5.72. The van der Waals surface area contributed by atoms with Crippen LogP contribution in [0, 0.1) is 0 Å². The second-order valence-corrected chi connectivity index (χ2v) is 6.90. The number of nitrogens with zero attached hydrogens (tertiary/aromatic N) is 1. The number of carbonyl (C=O) groups is 1. The van der Waals surface area contributed by atoms with Crippen LogP contribution in [0.1, 0.15) is 59.1 Å². The molecule has 0 saturated heterocycles. The molecule has 0 amide bonds. The van der Waals surface area contributed by atoms with Crippen LogP contribution >= 0.6 is 0 Å². The van der Waals surface area contributed by atoms with Gasteiger partial charge in [0.2, 0.25) is 0 Å². The summed E-state index contributed by atoms with van der Waals surface area (Å²) in [5.41, 5.74) is 2.78. The highest BCUT2D eigenvalue weighted by Gasteiger charge is 2.24. The Hall–Kier alpha value is -2.16. The van der Waals surface area contributed by atoms with Crippen molar-refractivity contribution in [2.75, 3.05) is 0 Å². The molecule has 0 bridgehead atoms. The van der Waals surface area contributed by atoms with E-state index in [0.717, 1.165) is 25.7 Å². The standard InChI is InChI=1S/C22H31NO2/c1-6-22(5,15-10-13-19(4)12-9-11-18(2)3)25-21(24)17-20-14-7-8-16-23-20/h6-8,11,13-14,16H,1,9-10,12,15,17H2,2-5H3/b19-13+. The normalized spacial score (nSPS) is 13.7. The highest BCUT2D eigenvalue weighted by atomic mass is 16.6. The third-order valence-corrected chi connectivity index (χ3v) is 4.06. The molecule has 1 aromatic rings. The van der Waals surface area contributed by atoms with Crippen LogP contribution in [0.2, 0.25) is 0 Å². The molecule has 136 valence electrons. The van der Waals surface area contributed by atoms with Gasteiger partial charge in [0.1, 0.15) is 5.60 Å². The van der Waals surface area contributed by atoms with Gasteiger partial charge in [0.25, 0.3) is 0 Å². The molecule has 1 unspecified atom stereocenters. The molecule has 1 aromatic heterocycles. The summed E-state index contributed by atoms with van der Waals surface area (Å²) in [5.74, 6) is -0.273. The molecule has 3 heteroatoms. The average molecular weight is 341 g/mol. The minimum atomic E-state index is -0.650. The molecule has 0 saturated carbocycles. The molecule has 0 fully saturated rings. The first-order valence-corrected chi connectivity index (χ1v) is 8.89. The third-order valence-electron chi connectivity index (χ3n) is 4.06. The first kappa shape index (κ1) is 20.9. The fraction of sp³-hybridized carbons (Fsp3) is 0.455. The van der Waals surface area contributed by atoms with Crippen LogP contribution < -0.4 is 0 Å². The van der Waals surface area contributed by atoms with Gasteiger partial charge in [-0.15, -0.1) is 0 Å². The Balaban J connectivity index is 2.48. The molecule has 3 nitrogen and oxygen atoms in total. The molecular formula is C22H31NO2. The van der Waals surface area contributed by atoms with Gasteiger partial charge in [-0.3, -0.25) is 9.78 Å². The van der Waals surface area contributed by atoms with E-state index in [-0.39, 0.29) is 12.4 Å². The zero-order valence-corrected chi connectivity index (χ0v) is 16.0. The molecule has 1 rings (SSSR count). The van der Waals surface area contributed by atoms with Crippen molar-refractivity contribution >= 4 is 5.97 Å². The lowest BCUT2D eigenvalue weighted by atomic mass is 9.98. The van der Waals surface area contributed by atoms with Crippen LogP contribution in [0.15, 0.2) is 60.3 Å². The Morgan fingerprint density at radius 3 is 2.60 bits per heavy atom. The lowest BCUT2D eigenvalue weighted by Crippen LogP contribution is -2.30. The number of allylic oxidation sites excluding steroid dienone is 4. The molecule has 0 aliphatic heterocycles. The van der Waals surface area contributed by atoms with Gasteiger partial charge < -0.3 is 4.74 Å². The van der Waals surface area contributed by atoms with E-state index >= 15 is 0 Å². The molecule has 0 aliphatic rings. The molecule has 25 heavy (non-hydrogen) atoms. The fourth-order valence-corrected chi connectivity index (χ4v) is 2.44. The smallest absolute Gasteiger partial charge is 0.312 e. The number of aromatic nitrogens is 1. The maximum Gasteiger partial charge on any atom is 0.312 e. The molecular weight excluding hydrogens is 310 g/mol. The van der Waals surface area contributed by atoms with Gasteiger partial charge in [0.15, 0.2) is 0 Å². The van der Waals surface area contributed by atoms with E-state index in [1.54, 1.807) is 12.3 Å². The summed E-state index contributed by atoms with van der Waals surface area (Å²) < 4.78 is 5.65. The fourth-order valence-electron chi connectivity index (χ4n) is 2.44. The zero-order valence-electron chi connectivity index (χ0n) is 16.0. The van der Waals surface area contributed by atoms with Crippen molar-refractivity contribution in [3.63, 3.8) is 0 Å². The largest absolute Gasteiger partial charge is 0.455 e. The van der Waals surface area contributed by atoms with Gasteiger partial charge in [-0.2, -0.15) is 0 Å². The molecule has 0 spiro atoms. The Morgan fingerprint density at radius 2 is 2.00 bits per heavy atom. The molecule has 0 N–H and O–H groups in total. The van der Waals surface area contributed by atoms with Gasteiger partial charge in [-0.25, -0.2) is 0 Å². The highest BCUT2D eigenvalue weighted by Crippen LogP contribution is 2.21. The second-order valence-electron chi connectivity index (χ2n) is 6.90. The number of hydrogen-bond donors (Lipinski definition) is 0. The van der Waals surface area contributed by atoms with Gasteiger partial charge in [-0.1, -0.05) is 35.9 Å². The summed E-state index contributed by atoms with van der Waals surface area (Å²) in [5, 5.41) is 0. The average Bonchev–Trinajstić information content (AvgIpc) is 2.55. The maximum atomic E-state index is 12.2. The minimum absolute atomic E-state index is 0.182. The van der Waals surface area contributed by atoms with E-state index in [9.17, 15) is 4.79 Å². The Morgan fingerprint density at radius 1 is 1.24 bits per heavy atom. The summed E-state index contributed by atoms with van der Waals surface area (Å²) in [4.78, 5) is 16.3. The molecule has 0 aliphatic carbocycles. The van der Waals surface area contributed by atoms with Gasteiger partial charge in [0.05, 0.1) is 12.1 Å². The predicted octanol–water partition coefficient (Wildman–Crippen LogP) is 5.58. The maximum absolute atomic E-state index is 12.2. The Kier molecular flexibility index (Phi) is 8.90. The number of pyridine rings is 1. The summed E-state index contributed by atoms with van der Waals surface area (Å²) in [6.45, 7) is 12.1. The van der Waals surface area contributed by atoms with Gasteiger partial charge >= 0.3 is 5.97 Å². The van der Waals surface area contributed by atoms with Crippen LogP contribution in [0.5, 0.6) is 0 Å². The van der Waals surface area contributed by atoms with Crippen LogP contribution in [-0.2, 0) is 16.0 Å². The van der Waals surface area contributed by atoms with Crippen molar-refractivity contribution in [1.29, 1.82) is 0 Å². The van der Waals surface area contributed by atoms with E-state index < -0.39 is 5.60 Å². The SMILES string of the molecule is C=CC(C)(CC/C=C(\C)CCC=C(C)C)OC(=O)Cc1ccccn1. The first-order chi connectivity index (χ1) is 11.8. The van der Waals surface area contributed by atoms with Crippen molar-refractivity contribution in [3.05, 3.63) is 66.0 Å². The molecule has 1 heterocycles. The quantitative estimate of drug-likeness (QED) is 0.411. The third kappa shape index (κ3) is 9.04. The topological polar surface area (TPSA) is 39.2 Å². The number of esters is 1. The number of hydrogen-bond acceptors (Lipinski definition) is 3. The number of rotatable bonds is 10. The summed E-state index contributed by atoms with van der Waals surface area (Å²) >= 11 is 0. The Labute approximate surface area is 152 Å². The van der Waals surface area contributed by atoms with Gasteiger partial charge in [-0.05, 0) is 71.6 Å². The van der Waals surface area contributed by atoms with E-state index in [4.69, 9.17) is 4.74 Å². The second kappa shape index (κ2) is 10.7. The number of ether oxygens (including phenoxy) is 1. The van der Waals surface area contributed by atoms with Crippen LogP contribution in [0.25, 0.3) is 0 Å². The monoisotopic (exact) mass is 341 g/mol. The summed E-state index contributed by atoms with van der Waals surface area (Å²) in [6, 6.07) is 5.52. The predicted molar refractivity (Wildman–Crippen MR) is 104 cm³/mol. The molecule has 0 radical (unpaired) electrons. The lowest BCUT2D eigenvalue weighted by Gasteiger charge is -2.25. The first-order valence-electron chi connectivity index (χ1n) is 8.89.